The number of hydrogen-bond acceptors (Lipinski definition) is 5. The largest absolute Gasteiger partial charge is 0.466 e. The number of halogens is 1. The summed E-state index contributed by atoms with van der Waals surface area (Å²) in [5, 5.41) is 2.30. The molecule has 1 N–H and O–H groups in total. The topological polar surface area (TPSA) is 81.7 Å². The van der Waals surface area contributed by atoms with Crippen molar-refractivity contribution in [2.75, 3.05) is 13.2 Å². The molecule has 6 nitrogen and oxygen atoms in total. The summed E-state index contributed by atoms with van der Waals surface area (Å²) in [4.78, 5) is 32.6. The molecule has 0 bridgehead atoms. The van der Waals surface area contributed by atoms with Crippen LogP contribution in [0.2, 0.25) is 0 Å². The fourth-order valence-electron chi connectivity index (χ4n) is 1.50. The molecule has 0 aliphatic carbocycles. The Bertz CT molecular complexity index is 467. The highest BCUT2D eigenvalue weighted by Crippen LogP contribution is 2.05. The third-order valence-electron chi connectivity index (χ3n) is 2.52. The van der Waals surface area contributed by atoms with E-state index in [9.17, 15) is 14.4 Å². The maximum absolute atomic E-state index is 11.3. The van der Waals surface area contributed by atoms with E-state index < -0.39 is 18.0 Å². The van der Waals surface area contributed by atoms with Gasteiger partial charge in [0.1, 0.15) is 6.04 Å². The molecular formula is C16H22BrNO5. The number of carbonyl (C=O) groups excluding carboxylic acids is 3. The Morgan fingerprint density at radius 3 is 2.22 bits per heavy atom. The fourth-order valence-corrected chi connectivity index (χ4v) is 1.81. The monoisotopic (exact) mass is 387 g/mol. The molecule has 0 saturated carbocycles. The Morgan fingerprint density at radius 2 is 1.78 bits per heavy atom. The van der Waals surface area contributed by atoms with Crippen molar-refractivity contribution in [1.29, 1.82) is 0 Å². The van der Waals surface area contributed by atoms with Gasteiger partial charge in [0.2, 0.25) is 6.41 Å². The number of amides is 1. The highest BCUT2D eigenvalue weighted by atomic mass is 79.9. The van der Waals surface area contributed by atoms with Crippen molar-refractivity contribution in [3.8, 4) is 0 Å². The predicted molar refractivity (Wildman–Crippen MR) is 89.6 cm³/mol. The minimum Gasteiger partial charge on any atom is -0.466 e. The van der Waals surface area contributed by atoms with E-state index >= 15 is 0 Å². The van der Waals surface area contributed by atoms with E-state index in [4.69, 9.17) is 9.47 Å². The first-order chi connectivity index (χ1) is 11.0. The van der Waals surface area contributed by atoms with Crippen molar-refractivity contribution in [3.05, 3.63) is 34.8 Å². The SMILES string of the molecule is Brc1ccccc1.CCOC(=O)CCC(NC=O)C(=O)OCC. The molecule has 1 amide bonds. The van der Waals surface area contributed by atoms with E-state index in [0.717, 1.165) is 4.47 Å². The zero-order chi connectivity index (χ0) is 17.5. The molecule has 0 aliphatic rings. The molecule has 0 aliphatic heterocycles. The van der Waals surface area contributed by atoms with Gasteiger partial charge in [0, 0.05) is 10.9 Å². The average molecular weight is 388 g/mol. The summed E-state index contributed by atoms with van der Waals surface area (Å²) in [5.41, 5.74) is 0. The minimum atomic E-state index is -0.790. The average Bonchev–Trinajstić information content (AvgIpc) is 2.53. The highest BCUT2D eigenvalue weighted by Gasteiger charge is 2.20. The van der Waals surface area contributed by atoms with Crippen LogP contribution in [0.15, 0.2) is 34.8 Å². The van der Waals surface area contributed by atoms with Crippen LogP contribution in [0.3, 0.4) is 0 Å². The Balaban J connectivity index is 0.000000568. The van der Waals surface area contributed by atoms with Gasteiger partial charge in [-0.05, 0) is 32.4 Å². The summed E-state index contributed by atoms with van der Waals surface area (Å²) in [6.45, 7) is 3.89. The molecular weight excluding hydrogens is 366 g/mol. The lowest BCUT2D eigenvalue weighted by atomic mass is 10.1. The summed E-state index contributed by atoms with van der Waals surface area (Å²) in [6.07, 6.45) is 0.654. The summed E-state index contributed by atoms with van der Waals surface area (Å²) in [5.74, 6) is -0.941. The molecule has 0 aromatic heterocycles. The van der Waals surface area contributed by atoms with Crippen LogP contribution in [0.25, 0.3) is 0 Å². The second kappa shape index (κ2) is 13.8. The van der Waals surface area contributed by atoms with E-state index in [-0.39, 0.29) is 19.4 Å². The fraction of sp³-hybridized carbons (Fsp3) is 0.438. The molecule has 1 aromatic rings. The summed E-state index contributed by atoms with van der Waals surface area (Å²) in [7, 11) is 0. The molecule has 1 unspecified atom stereocenters. The molecule has 0 radical (unpaired) electrons. The molecule has 1 atom stereocenters. The third kappa shape index (κ3) is 11.3. The van der Waals surface area contributed by atoms with Crippen LogP contribution in [0.4, 0.5) is 0 Å². The molecule has 23 heavy (non-hydrogen) atoms. The third-order valence-corrected chi connectivity index (χ3v) is 3.04. The van der Waals surface area contributed by atoms with Crippen LogP contribution in [-0.2, 0) is 23.9 Å². The number of carbonyl (C=O) groups is 3. The first-order valence-electron chi connectivity index (χ1n) is 7.27. The Morgan fingerprint density at radius 1 is 1.17 bits per heavy atom. The second-order valence-corrected chi connectivity index (χ2v) is 5.14. The van der Waals surface area contributed by atoms with Gasteiger partial charge >= 0.3 is 11.9 Å². The number of nitrogens with one attached hydrogen (secondary N) is 1. The number of benzene rings is 1. The van der Waals surface area contributed by atoms with Gasteiger partial charge in [0.15, 0.2) is 0 Å². The van der Waals surface area contributed by atoms with Crippen LogP contribution in [-0.4, -0.2) is 37.6 Å². The maximum atomic E-state index is 11.3. The standard InChI is InChI=1S/C10H17NO5.C6H5Br/c1-3-15-9(13)6-5-8(11-7-12)10(14)16-4-2;7-6-4-2-1-3-5-6/h7-8H,3-6H2,1-2H3,(H,11,12);1-5H. The summed E-state index contributed by atoms with van der Waals surface area (Å²) in [6, 6.07) is 9.18. The summed E-state index contributed by atoms with van der Waals surface area (Å²) >= 11 is 3.31. The zero-order valence-corrected chi connectivity index (χ0v) is 14.9. The predicted octanol–water partition coefficient (Wildman–Crippen LogP) is 2.46. The van der Waals surface area contributed by atoms with Crippen molar-refractivity contribution in [2.24, 2.45) is 0 Å². The van der Waals surface area contributed by atoms with Crippen molar-refractivity contribution in [2.45, 2.75) is 32.7 Å². The van der Waals surface area contributed by atoms with Gasteiger partial charge in [-0.25, -0.2) is 4.79 Å². The number of ether oxygens (including phenoxy) is 2. The van der Waals surface area contributed by atoms with Gasteiger partial charge in [-0.1, -0.05) is 34.1 Å². The second-order valence-electron chi connectivity index (χ2n) is 4.23. The quantitative estimate of drug-likeness (QED) is 0.547. The molecule has 0 heterocycles. The van der Waals surface area contributed by atoms with Crippen molar-refractivity contribution >= 4 is 34.3 Å². The zero-order valence-electron chi connectivity index (χ0n) is 13.3. The number of rotatable bonds is 8. The van der Waals surface area contributed by atoms with Gasteiger partial charge in [0.25, 0.3) is 0 Å². The van der Waals surface area contributed by atoms with Crippen molar-refractivity contribution in [1.82, 2.24) is 5.32 Å². The van der Waals surface area contributed by atoms with Crippen molar-refractivity contribution in [3.63, 3.8) is 0 Å². The lowest BCUT2D eigenvalue weighted by Crippen LogP contribution is -2.37. The van der Waals surface area contributed by atoms with E-state index in [2.05, 4.69) is 21.2 Å². The van der Waals surface area contributed by atoms with Crippen LogP contribution in [0.5, 0.6) is 0 Å². The van der Waals surface area contributed by atoms with Gasteiger partial charge < -0.3 is 14.8 Å². The first kappa shape index (κ1) is 21.1. The van der Waals surface area contributed by atoms with Gasteiger partial charge in [0.05, 0.1) is 13.2 Å². The minimum absolute atomic E-state index is 0.0676. The van der Waals surface area contributed by atoms with E-state index in [1.54, 1.807) is 13.8 Å². The molecule has 128 valence electrons. The van der Waals surface area contributed by atoms with E-state index in [0.29, 0.717) is 13.0 Å². The maximum Gasteiger partial charge on any atom is 0.328 e. The Kier molecular flexibility index (Phi) is 12.6. The Labute approximate surface area is 144 Å². The molecule has 1 aromatic carbocycles. The molecule has 0 spiro atoms. The first-order valence-corrected chi connectivity index (χ1v) is 8.06. The smallest absolute Gasteiger partial charge is 0.328 e. The van der Waals surface area contributed by atoms with E-state index in [1.165, 1.54) is 0 Å². The number of esters is 2. The molecule has 0 saturated heterocycles. The van der Waals surface area contributed by atoms with Gasteiger partial charge in [-0.3, -0.25) is 9.59 Å². The normalized spacial score (nSPS) is 10.6. The van der Waals surface area contributed by atoms with Crippen LogP contribution < -0.4 is 5.32 Å². The lowest BCUT2D eigenvalue weighted by Gasteiger charge is -2.13. The summed E-state index contributed by atoms with van der Waals surface area (Å²) < 4.78 is 10.6. The molecule has 7 heteroatoms. The molecule has 0 fully saturated rings. The van der Waals surface area contributed by atoms with Crippen LogP contribution >= 0.6 is 15.9 Å². The molecule has 1 rings (SSSR count). The highest BCUT2D eigenvalue weighted by molar-refractivity contribution is 9.10. The lowest BCUT2D eigenvalue weighted by molar-refractivity contribution is -0.147. The van der Waals surface area contributed by atoms with Crippen molar-refractivity contribution < 1.29 is 23.9 Å². The van der Waals surface area contributed by atoms with Crippen LogP contribution in [0.1, 0.15) is 26.7 Å². The van der Waals surface area contributed by atoms with Crippen LogP contribution in [0, 0.1) is 0 Å². The number of hydrogen-bond donors (Lipinski definition) is 1. The van der Waals surface area contributed by atoms with Gasteiger partial charge in [-0.2, -0.15) is 0 Å². The Hall–Kier alpha value is -1.89. The van der Waals surface area contributed by atoms with Gasteiger partial charge in [-0.15, -0.1) is 0 Å². The van der Waals surface area contributed by atoms with E-state index in [1.807, 2.05) is 30.3 Å².